The van der Waals surface area contributed by atoms with Crippen LogP contribution in [-0.2, 0) is 26.8 Å². The molecule has 0 unspecified atom stereocenters. The minimum Gasteiger partial charge on any atom is -0.748 e. The van der Waals surface area contributed by atoms with Crippen LogP contribution in [0.4, 0.5) is 11.4 Å². The molecule has 2 aromatic carbocycles. The normalized spacial score (nSPS) is 15.1. The Morgan fingerprint density at radius 3 is 2.26 bits per heavy atom. The van der Waals surface area contributed by atoms with Crippen molar-refractivity contribution in [1.82, 2.24) is 0 Å². The number of aromatic nitrogens is 1. The van der Waals surface area contributed by atoms with Crippen molar-refractivity contribution in [2.75, 3.05) is 34.4 Å². The molecule has 0 atom stereocenters. The number of rotatable bonds is 11. The zero-order valence-corrected chi connectivity index (χ0v) is 24.7. The van der Waals surface area contributed by atoms with Crippen molar-refractivity contribution in [3.05, 3.63) is 57.1 Å². The molecule has 39 heavy (non-hydrogen) atoms. The van der Waals surface area contributed by atoms with Gasteiger partial charge in [0.05, 0.1) is 43.4 Å². The molecule has 1 aromatic heterocycles. The summed E-state index contributed by atoms with van der Waals surface area (Å²) in [5, 5.41) is 1.18. The molecule has 0 bridgehead atoms. The minimum absolute atomic E-state index is 0.0656. The third kappa shape index (κ3) is 7.18. The number of hydrogen-bond acceptors (Lipinski definition) is 8. The molecular formula is C24H26Cl3N3O7S2. The summed E-state index contributed by atoms with van der Waals surface area (Å²) in [6.45, 7) is 3.06. The van der Waals surface area contributed by atoms with Crippen LogP contribution in [-0.4, -0.2) is 50.5 Å². The number of oxazole rings is 1. The zero-order valence-electron chi connectivity index (χ0n) is 20.8. The van der Waals surface area contributed by atoms with E-state index in [1.54, 1.807) is 41.0 Å². The molecule has 3 aromatic rings. The van der Waals surface area contributed by atoms with E-state index in [2.05, 4.69) is 0 Å². The van der Waals surface area contributed by atoms with E-state index in [0.29, 0.717) is 57.4 Å². The highest BCUT2D eigenvalue weighted by atomic mass is 35.5. The predicted molar refractivity (Wildman–Crippen MR) is 151 cm³/mol. The van der Waals surface area contributed by atoms with Gasteiger partial charge in [0, 0.05) is 36.4 Å². The highest BCUT2D eigenvalue weighted by molar-refractivity contribution is 7.85. The second kappa shape index (κ2) is 11.8. The lowest BCUT2D eigenvalue weighted by atomic mass is 10.2. The minimum atomic E-state index is -4.40. The quantitative estimate of drug-likeness (QED) is 0.176. The van der Waals surface area contributed by atoms with E-state index in [4.69, 9.17) is 43.8 Å². The summed E-state index contributed by atoms with van der Waals surface area (Å²) in [6, 6.07) is 8.55. The van der Waals surface area contributed by atoms with Crippen molar-refractivity contribution in [2.24, 2.45) is 0 Å². The molecule has 10 nitrogen and oxygen atoms in total. The lowest BCUT2D eigenvalue weighted by Gasteiger charge is -2.24. The summed E-state index contributed by atoms with van der Waals surface area (Å²) in [5.41, 5.74) is 2.69. The number of anilines is 2. The Hall–Kier alpha value is -2.06. The molecule has 0 saturated carbocycles. The summed E-state index contributed by atoms with van der Waals surface area (Å²) in [5.74, 6) is 0.176. The number of aryl methyl sites for hydroxylation is 1. The first-order valence-corrected chi connectivity index (χ1v) is 16.4. The van der Waals surface area contributed by atoms with Crippen molar-refractivity contribution in [3.8, 4) is 0 Å². The third-order valence-corrected chi connectivity index (χ3v) is 8.77. The van der Waals surface area contributed by atoms with E-state index in [1.807, 2.05) is 16.7 Å². The number of benzene rings is 2. The van der Waals surface area contributed by atoms with E-state index in [9.17, 15) is 21.4 Å². The first-order chi connectivity index (χ1) is 18.3. The smallest absolute Gasteiger partial charge is 0.377 e. The van der Waals surface area contributed by atoms with E-state index >= 15 is 0 Å². The van der Waals surface area contributed by atoms with Gasteiger partial charge in [-0.1, -0.05) is 34.8 Å². The lowest BCUT2D eigenvalue weighted by molar-refractivity contribution is -0.677. The van der Waals surface area contributed by atoms with Gasteiger partial charge in [-0.25, -0.2) is 8.42 Å². The van der Waals surface area contributed by atoms with Crippen molar-refractivity contribution >= 4 is 83.6 Å². The molecular weight excluding hydrogens is 613 g/mol. The van der Waals surface area contributed by atoms with E-state index in [0.717, 1.165) is 11.4 Å². The standard InChI is InChI=1S/C24H26Cl3N3O7S2/c1-2-28-19-13-17(26)18(27)14-20(19)29(8-3-4-10-38(31,32)33)23(28)15-24-30(9-5-11-39(34,35)36)21-12-16(25)6-7-22(21)37-24/h6-7,12-15H,2-5,8-11H2,1H3,(H-,31,32,33,34,35,36). The zero-order chi connectivity index (χ0) is 28.5. The van der Waals surface area contributed by atoms with Gasteiger partial charge in [0.25, 0.3) is 15.6 Å². The molecule has 0 fully saturated rings. The number of nitrogens with zero attached hydrogens (tertiary/aromatic N) is 3. The van der Waals surface area contributed by atoms with Crippen LogP contribution in [0.25, 0.3) is 17.2 Å². The Morgan fingerprint density at radius 2 is 1.64 bits per heavy atom. The van der Waals surface area contributed by atoms with Crippen LogP contribution >= 0.6 is 34.8 Å². The van der Waals surface area contributed by atoms with Crippen LogP contribution in [0.1, 0.15) is 32.1 Å². The van der Waals surface area contributed by atoms with Gasteiger partial charge in [0.15, 0.2) is 6.54 Å². The van der Waals surface area contributed by atoms with E-state index in [-0.39, 0.29) is 25.1 Å². The Labute approximate surface area is 241 Å². The van der Waals surface area contributed by atoms with Gasteiger partial charge in [-0.2, -0.15) is 13.0 Å². The van der Waals surface area contributed by atoms with E-state index in [1.165, 1.54) is 0 Å². The summed E-state index contributed by atoms with van der Waals surface area (Å²) in [6.07, 6.45) is 2.52. The van der Waals surface area contributed by atoms with Gasteiger partial charge >= 0.3 is 5.89 Å². The first kappa shape index (κ1) is 29.9. The van der Waals surface area contributed by atoms with Crippen LogP contribution in [0, 0.1) is 0 Å². The van der Waals surface area contributed by atoms with Crippen molar-refractivity contribution < 1.29 is 34.9 Å². The van der Waals surface area contributed by atoms with E-state index < -0.39 is 26.0 Å². The maximum Gasteiger partial charge on any atom is 0.377 e. The molecule has 0 spiro atoms. The Kier molecular flexibility index (Phi) is 9.06. The average molecular weight is 639 g/mol. The molecule has 0 aliphatic carbocycles. The Morgan fingerprint density at radius 1 is 0.974 bits per heavy atom. The highest BCUT2D eigenvalue weighted by Crippen LogP contribution is 2.46. The molecule has 15 heteroatoms. The van der Waals surface area contributed by atoms with Crippen LogP contribution in [0.2, 0.25) is 15.1 Å². The van der Waals surface area contributed by atoms with Gasteiger partial charge in [-0.05, 0) is 44.0 Å². The number of unbranched alkanes of at least 4 members (excludes halogenated alkanes) is 1. The highest BCUT2D eigenvalue weighted by Gasteiger charge is 2.34. The Balaban J connectivity index is 1.79. The van der Waals surface area contributed by atoms with Gasteiger partial charge in [0.1, 0.15) is 5.82 Å². The maximum atomic E-state index is 11.2. The SMILES string of the molecule is CCN1/C(=C\c2oc3ccc(Cl)cc3[n+]2CCCS(=O)(=O)[O-])N(CCCCS(=O)(=O)O)c2cc(Cl)c(Cl)cc21. The molecule has 2 heterocycles. The fraction of sp³-hybridized carbons (Fsp3) is 0.375. The predicted octanol–water partition coefficient (Wildman–Crippen LogP) is 4.93. The van der Waals surface area contributed by atoms with Crippen LogP contribution in [0.15, 0.2) is 40.6 Å². The molecule has 212 valence electrons. The summed E-state index contributed by atoms with van der Waals surface area (Å²) >= 11 is 18.9. The number of fused-ring (bicyclic) bond motifs is 2. The summed E-state index contributed by atoms with van der Waals surface area (Å²) in [7, 11) is -8.49. The molecule has 1 N–H and O–H groups in total. The maximum absolute atomic E-state index is 11.2. The molecule has 0 radical (unpaired) electrons. The van der Waals surface area contributed by atoms with Crippen molar-refractivity contribution in [3.63, 3.8) is 0 Å². The van der Waals surface area contributed by atoms with Gasteiger partial charge in [0.2, 0.25) is 5.58 Å². The molecule has 0 saturated heterocycles. The Bertz CT molecular complexity index is 1640. The second-order valence-electron chi connectivity index (χ2n) is 8.97. The third-order valence-electron chi connectivity index (χ3n) is 6.22. The van der Waals surface area contributed by atoms with Gasteiger partial charge in [-0.15, -0.1) is 0 Å². The second-order valence-corrected chi connectivity index (χ2v) is 13.3. The fourth-order valence-electron chi connectivity index (χ4n) is 4.55. The molecule has 1 aliphatic rings. The molecule has 4 rings (SSSR count). The van der Waals surface area contributed by atoms with Crippen LogP contribution < -0.4 is 14.4 Å². The van der Waals surface area contributed by atoms with Crippen molar-refractivity contribution in [2.45, 2.75) is 32.7 Å². The lowest BCUT2D eigenvalue weighted by Crippen LogP contribution is -2.37. The van der Waals surface area contributed by atoms with Gasteiger partial charge in [-0.3, -0.25) is 4.55 Å². The topological polar surface area (TPSA) is 135 Å². The number of hydrogen-bond donors (Lipinski definition) is 1. The number of halogens is 3. The first-order valence-electron chi connectivity index (χ1n) is 12.0. The average Bonchev–Trinajstić information content (AvgIpc) is 3.30. The fourth-order valence-corrected chi connectivity index (χ4v) is 6.08. The largest absolute Gasteiger partial charge is 0.748 e. The van der Waals surface area contributed by atoms with Crippen LogP contribution in [0.5, 0.6) is 0 Å². The summed E-state index contributed by atoms with van der Waals surface area (Å²) in [4.78, 5) is 3.95. The monoisotopic (exact) mass is 637 g/mol. The molecule has 0 amide bonds. The van der Waals surface area contributed by atoms with Crippen LogP contribution in [0.3, 0.4) is 0 Å². The summed E-state index contributed by atoms with van der Waals surface area (Å²) < 4.78 is 73.1. The van der Waals surface area contributed by atoms with Crippen molar-refractivity contribution in [1.29, 1.82) is 0 Å². The molecule has 1 aliphatic heterocycles. The van der Waals surface area contributed by atoms with Gasteiger partial charge < -0.3 is 18.8 Å².